The normalized spacial score (nSPS) is 10.5. The van der Waals surface area contributed by atoms with Crippen LogP contribution < -0.4 is 5.32 Å². The number of carbonyl (C=O) groups is 1. The van der Waals surface area contributed by atoms with E-state index in [1.807, 2.05) is 54.6 Å². The molecule has 3 rings (SSSR count). The van der Waals surface area contributed by atoms with Gasteiger partial charge in [-0.05, 0) is 24.1 Å². The molecule has 1 aromatic heterocycles. The van der Waals surface area contributed by atoms with Gasteiger partial charge in [0.05, 0.1) is 12.7 Å². The molecule has 0 spiro atoms. The largest absolute Gasteiger partial charge is 0.439 e. The van der Waals surface area contributed by atoms with Gasteiger partial charge in [0.15, 0.2) is 5.76 Å². The van der Waals surface area contributed by atoms with Crippen molar-refractivity contribution in [3.63, 3.8) is 0 Å². The maximum atomic E-state index is 11.9. The summed E-state index contributed by atoms with van der Waals surface area (Å²) < 4.78 is 5.66. The first kappa shape index (κ1) is 16.3. The molecule has 5 heteroatoms. The molecule has 4 nitrogen and oxygen atoms in total. The molecule has 1 heterocycles. The van der Waals surface area contributed by atoms with E-state index in [4.69, 9.17) is 16.0 Å². The topological polar surface area (TPSA) is 55.1 Å². The molecule has 0 atom stereocenters. The highest BCUT2D eigenvalue weighted by Gasteiger charge is 2.08. The molecule has 2 aromatic carbocycles. The lowest BCUT2D eigenvalue weighted by atomic mass is 10.1. The predicted octanol–water partition coefficient (Wildman–Crippen LogP) is 4.24. The fourth-order valence-electron chi connectivity index (χ4n) is 2.30. The van der Waals surface area contributed by atoms with E-state index in [9.17, 15) is 4.79 Å². The van der Waals surface area contributed by atoms with Crippen LogP contribution in [0.4, 0.5) is 0 Å². The molecule has 0 aliphatic carbocycles. The fraction of sp³-hybridized carbons (Fsp3) is 0.158. The summed E-state index contributed by atoms with van der Waals surface area (Å²) in [5.74, 6) is 1.15. The number of hydrogen-bond donors (Lipinski definition) is 1. The van der Waals surface area contributed by atoms with Crippen molar-refractivity contribution >= 4 is 17.5 Å². The van der Waals surface area contributed by atoms with Crippen LogP contribution in [0, 0.1) is 0 Å². The lowest BCUT2D eigenvalue weighted by Gasteiger charge is -2.03. The molecule has 122 valence electrons. The van der Waals surface area contributed by atoms with Gasteiger partial charge in [0.2, 0.25) is 11.8 Å². The molecule has 0 saturated carbocycles. The van der Waals surface area contributed by atoms with E-state index in [-0.39, 0.29) is 12.5 Å². The van der Waals surface area contributed by atoms with Crippen LogP contribution in [-0.4, -0.2) is 10.9 Å². The van der Waals surface area contributed by atoms with Gasteiger partial charge >= 0.3 is 0 Å². The first-order chi connectivity index (χ1) is 11.7. The minimum absolute atomic E-state index is 0.0376. The Labute approximate surface area is 145 Å². The van der Waals surface area contributed by atoms with E-state index >= 15 is 0 Å². The van der Waals surface area contributed by atoms with Crippen molar-refractivity contribution in [2.45, 2.75) is 19.4 Å². The van der Waals surface area contributed by atoms with Crippen LogP contribution in [0.25, 0.3) is 11.3 Å². The number of amides is 1. The van der Waals surface area contributed by atoms with Crippen LogP contribution in [0.2, 0.25) is 5.02 Å². The predicted molar refractivity (Wildman–Crippen MR) is 93.6 cm³/mol. The van der Waals surface area contributed by atoms with Crippen molar-refractivity contribution in [2.24, 2.45) is 0 Å². The van der Waals surface area contributed by atoms with E-state index in [0.29, 0.717) is 29.5 Å². The monoisotopic (exact) mass is 340 g/mol. The minimum atomic E-state index is -0.0376. The summed E-state index contributed by atoms with van der Waals surface area (Å²) in [6.45, 7) is 0.284. The van der Waals surface area contributed by atoms with Crippen LogP contribution in [0.15, 0.2) is 65.2 Å². The summed E-state index contributed by atoms with van der Waals surface area (Å²) in [6, 6.07) is 17.2. The minimum Gasteiger partial charge on any atom is -0.439 e. The summed E-state index contributed by atoms with van der Waals surface area (Å²) in [5.41, 5.74) is 2.04. The van der Waals surface area contributed by atoms with Crippen molar-refractivity contribution in [3.8, 4) is 11.3 Å². The Morgan fingerprint density at radius 3 is 2.58 bits per heavy atom. The van der Waals surface area contributed by atoms with Gasteiger partial charge in [-0.3, -0.25) is 4.79 Å². The number of benzene rings is 2. The lowest BCUT2D eigenvalue weighted by molar-refractivity contribution is -0.121. The molecule has 1 N–H and O–H groups in total. The summed E-state index contributed by atoms with van der Waals surface area (Å²) in [6.07, 6.45) is 2.75. The zero-order chi connectivity index (χ0) is 16.8. The molecular weight excluding hydrogens is 324 g/mol. The van der Waals surface area contributed by atoms with Gasteiger partial charge in [-0.1, -0.05) is 54.1 Å². The molecule has 0 radical (unpaired) electrons. The van der Waals surface area contributed by atoms with Crippen LogP contribution in [-0.2, 0) is 17.8 Å². The Bertz CT molecular complexity index is 798. The Kier molecular flexibility index (Phi) is 5.29. The number of oxazole rings is 1. The second-order valence-corrected chi connectivity index (χ2v) is 5.82. The average molecular weight is 341 g/mol. The number of hydrogen-bond acceptors (Lipinski definition) is 3. The quantitative estimate of drug-likeness (QED) is 0.730. The maximum absolute atomic E-state index is 11.9. The second-order valence-electron chi connectivity index (χ2n) is 5.39. The number of aromatic nitrogens is 1. The van der Waals surface area contributed by atoms with Crippen molar-refractivity contribution in [3.05, 3.63) is 77.3 Å². The number of carbonyl (C=O) groups excluding carboxylic acids is 1. The SMILES string of the molecule is O=C(CCc1ccc(Cl)cc1)NCc1ncc(-c2ccccc2)o1. The van der Waals surface area contributed by atoms with E-state index in [0.717, 1.165) is 11.1 Å². The zero-order valence-corrected chi connectivity index (χ0v) is 13.8. The number of aryl methyl sites for hydroxylation is 1. The van der Waals surface area contributed by atoms with E-state index in [2.05, 4.69) is 10.3 Å². The zero-order valence-electron chi connectivity index (χ0n) is 13.0. The molecular formula is C19H17ClN2O2. The Morgan fingerprint density at radius 2 is 1.83 bits per heavy atom. The van der Waals surface area contributed by atoms with Gasteiger partial charge in [-0.15, -0.1) is 0 Å². The molecule has 0 aliphatic rings. The molecule has 0 bridgehead atoms. The second kappa shape index (κ2) is 7.79. The average Bonchev–Trinajstić information content (AvgIpc) is 3.09. The molecule has 24 heavy (non-hydrogen) atoms. The molecule has 0 fully saturated rings. The van der Waals surface area contributed by atoms with E-state index in [1.54, 1.807) is 6.20 Å². The van der Waals surface area contributed by atoms with E-state index < -0.39 is 0 Å². The summed E-state index contributed by atoms with van der Waals surface area (Å²) in [5, 5.41) is 3.52. The summed E-state index contributed by atoms with van der Waals surface area (Å²) in [4.78, 5) is 16.1. The van der Waals surface area contributed by atoms with Crippen LogP contribution in [0.1, 0.15) is 17.9 Å². The first-order valence-electron chi connectivity index (χ1n) is 7.72. The third-order valence-electron chi connectivity index (χ3n) is 3.60. The van der Waals surface area contributed by atoms with Crippen molar-refractivity contribution in [1.29, 1.82) is 0 Å². The van der Waals surface area contributed by atoms with E-state index in [1.165, 1.54) is 0 Å². The number of nitrogens with one attached hydrogen (secondary N) is 1. The van der Waals surface area contributed by atoms with Crippen LogP contribution in [0.3, 0.4) is 0 Å². The Balaban J connectivity index is 1.48. The molecule has 0 saturated heterocycles. The fourth-order valence-corrected chi connectivity index (χ4v) is 2.43. The third-order valence-corrected chi connectivity index (χ3v) is 3.85. The van der Waals surface area contributed by atoms with Gasteiger partial charge in [0.25, 0.3) is 0 Å². The summed E-state index contributed by atoms with van der Waals surface area (Å²) >= 11 is 5.84. The molecule has 1 amide bonds. The maximum Gasteiger partial charge on any atom is 0.220 e. The van der Waals surface area contributed by atoms with Gasteiger partial charge < -0.3 is 9.73 Å². The van der Waals surface area contributed by atoms with Crippen LogP contribution in [0.5, 0.6) is 0 Å². The van der Waals surface area contributed by atoms with Crippen molar-refractivity contribution < 1.29 is 9.21 Å². The molecule has 0 unspecified atom stereocenters. The highest BCUT2D eigenvalue weighted by Crippen LogP contribution is 2.19. The lowest BCUT2D eigenvalue weighted by Crippen LogP contribution is -2.23. The van der Waals surface area contributed by atoms with Crippen LogP contribution >= 0.6 is 11.6 Å². The number of halogens is 1. The van der Waals surface area contributed by atoms with Gasteiger partial charge in [0, 0.05) is 17.0 Å². The Hall–Kier alpha value is -2.59. The standard InChI is InChI=1S/C19H17ClN2O2/c20-16-9-6-14(7-10-16)8-11-18(23)21-13-19-22-12-17(24-19)15-4-2-1-3-5-15/h1-7,9-10,12H,8,11,13H2,(H,21,23). The van der Waals surface area contributed by atoms with Gasteiger partial charge in [0.1, 0.15) is 0 Å². The van der Waals surface area contributed by atoms with Crippen molar-refractivity contribution in [1.82, 2.24) is 10.3 Å². The molecule has 0 aliphatic heterocycles. The van der Waals surface area contributed by atoms with Gasteiger partial charge in [-0.25, -0.2) is 4.98 Å². The number of nitrogens with zero attached hydrogens (tertiary/aromatic N) is 1. The smallest absolute Gasteiger partial charge is 0.220 e. The highest BCUT2D eigenvalue weighted by molar-refractivity contribution is 6.30. The Morgan fingerprint density at radius 1 is 1.08 bits per heavy atom. The summed E-state index contributed by atoms with van der Waals surface area (Å²) in [7, 11) is 0. The highest BCUT2D eigenvalue weighted by atomic mass is 35.5. The first-order valence-corrected chi connectivity index (χ1v) is 8.10. The molecule has 3 aromatic rings. The number of rotatable bonds is 6. The van der Waals surface area contributed by atoms with Crippen molar-refractivity contribution in [2.75, 3.05) is 0 Å². The van der Waals surface area contributed by atoms with Gasteiger partial charge in [-0.2, -0.15) is 0 Å². The third kappa shape index (κ3) is 4.46.